The number of hydrogen-bond donors (Lipinski definition) is 1. The summed E-state index contributed by atoms with van der Waals surface area (Å²) < 4.78 is 30.0. The first kappa shape index (κ1) is 16.7. The molecule has 2 aromatic rings. The molecular formula is C19H22FNO3. The molecule has 1 unspecified atom stereocenters. The van der Waals surface area contributed by atoms with Crippen LogP contribution in [0.4, 0.5) is 4.39 Å². The second-order valence-electron chi connectivity index (χ2n) is 5.55. The molecule has 0 aliphatic carbocycles. The largest absolute Gasteiger partial charge is 0.487 e. The van der Waals surface area contributed by atoms with E-state index in [-0.39, 0.29) is 18.8 Å². The van der Waals surface area contributed by atoms with Crippen molar-refractivity contribution >= 4 is 0 Å². The maximum Gasteiger partial charge on any atom is 0.162 e. The van der Waals surface area contributed by atoms with Gasteiger partial charge in [0.15, 0.2) is 17.6 Å². The highest BCUT2D eigenvalue weighted by molar-refractivity contribution is 5.40. The van der Waals surface area contributed by atoms with Gasteiger partial charge in [-0.15, -0.1) is 0 Å². The summed E-state index contributed by atoms with van der Waals surface area (Å²) in [5, 5.41) is 3.33. The van der Waals surface area contributed by atoms with Gasteiger partial charge in [-0.25, -0.2) is 4.39 Å². The van der Waals surface area contributed by atoms with Gasteiger partial charge in [-0.3, -0.25) is 0 Å². The zero-order chi connectivity index (χ0) is 16.6. The minimum atomic E-state index is -0.536. The highest BCUT2D eigenvalue weighted by Gasteiger charge is 2.28. The molecule has 2 aromatic carbocycles. The fourth-order valence-corrected chi connectivity index (χ4v) is 2.73. The Morgan fingerprint density at radius 2 is 1.83 bits per heavy atom. The van der Waals surface area contributed by atoms with Crippen LogP contribution in [0.1, 0.15) is 11.7 Å². The molecule has 24 heavy (non-hydrogen) atoms. The van der Waals surface area contributed by atoms with E-state index in [4.69, 9.17) is 14.2 Å². The van der Waals surface area contributed by atoms with Crippen molar-refractivity contribution in [1.29, 1.82) is 0 Å². The van der Waals surface area contributed by atoms with Crippen molar-refractivity contribution < 1.29 is 18.6 Å². The van der Waals surface area contributed by atoms with Gasteiger partial charge in [-0.1, -0.05) is 42.5 Å². The number of rotatable bonds is 7. The highest BCUT2D eigenvalue weighted by atomic mass is 19.1. The molecule has 128 valence electrons. The van der Waals surface area contributed by atoms with Crippen molar-refractivity contribution in [2.24, 2.45) is 0 Å². The van der Waals surface area contributed by atoms with Crippen LogP contribution >= 0.6 is 0 Å². The van der Waals surface area contributed by atoms with E-state index in [1.165, 1.54) is 0 Å². The van der Waals surface area contributed by atoms with Crippen molar-refractivity contribution in [2.45, 2.75) is 12.2 Å². The molecule has 0 aromatic heterocycles. The van der Waals surface area contributed by atoms with Gasteiger partial charge < -0.3 is 19.5 Å². The van der Waals surface area contributed by atoms with Crippen molar-refractivity contribution in [3.05, 3.63) is 60.2 Å². The first-order valence-electron chi connectivity index (χ1n) is 8.20. The van der Waals surface area contributed by atoms with Gasteiger partial charge in [-0.05, 0) is 17.7 Å². The zero-order valence-corrected chi connectivity index (χ0v) is 13.5. The lowest BCUT2D eigenvalue weighted by molar-refractivity contribution is -0.0439. The first-order chi connectivity index (χ1) is 11.9. The van der Waals surface area contributed by atoms with Crippen LogP contribution in [-0.2, 0) is 4.74 Å². The number of ether oxygens (including phenoxy) is 3. The molecule has 0 radical (unpaired) electrons. The Kier molecular flexibility index (Phi) is 6.04. The standard InChI is InChI=1S/C19H22FNO3/c20-10-12-22-16-8-4-5-9-17(16)24-19(15-6-2-1-3-7-15)18-14-21-11-13-23-18/h1-9,18-19,21H,10-14H2/t18?,19-/m0/s1. The quantitative estimate of drug-likeness (QED) is 0.846. The Bertz CT molecular complexity index is 617. The lowest BCUT2D eigenvalue weighted by atomic mass is 10.0. The summed E-state index contributed by atoms with van der Waals surface area (Å²) in [6.45, 7) is 1.68. The first-order valence-corrected chi connectivity index (χ1v) is 8.20. The van der Waals surface area contributed by atoms with Crippen LogP contribution in [0, 0.1) is 0 Å². The Labute approximate surface area is 141 Å². The van der Waals surface area contributed by atoms with Crippen LogP contribution in [0.3, 0.4) is 0 Å². The predicted octanol–water partition coefficient (Wildman–Crippen LogP) is 3.14. The van der Waals surface area contributed by atoms with E-state index in [1.54, 1.807) is 6.07 Å². The summed E-state index contributed by atoms with van der Waals surface area (Å²) in [5.74, 6) is 1.13. The molecule has 1 fully saturated rings. The maximum atomic E-state index is 12.4. The van der Waals surface area contributed by atoms with Gasteiger partial charge >= 0.3 is 0 Å². The molecule has 0 saturated carbocycles. The van der Waals surface area contributed by atoms with E-state index in [1.807, 2.05) is 48.5 Å². The molecule has 5 heteroatoms. The van der Waals surface area contributed by atoms with Crippen LogP contribution in [0.25, 0.3) is 0 Å². The third-order valence-corrected chi connectivity index (χ3v) is 3.86. The smallest absolute Gasteiger partial charge is 0.162 e. The fraction of sp³-hybridized carbons (Fsp3) is 0.368. The van der Waals surface area contributed by atoms with Crippen molar-refractivity contribution in [2.75, 3.05) is 33.0 Å². The number of nitrogens with one attached hydrogen (secondary N) is 1. The van der Waals surface area contributed by atoms with Crippen molar-refractivity contribution in [3.63, 3.8) is 0 Å². The molecular weight excluding hydrogens is 309 g/mol. The van der Waals surface area contributed by atoms with E-state index >= 15 is 0 Å². The van der Waals surface area contributed by atoms with Gasteiger partial charge in [0.25, 0.3) is 0 Å². The van der Waals surface area contributed by atoms with Gasteiger partial charge in [0.1, 0.15) is 19.4 Å². The average Bonchev–Trinajstić information content (AvgIpc) is 2.66. The molecule has 0 bridgehead atoms. The second kappa shape index (κ2) is 8.66. The number of morpholine rings is 1. The lowest BCUT2D eigenvalue weighted by Gasteiger charge is -2.32. The van der Waals surface area contributed by atoms with E-state index in [9.17, 15) is 4.39 Å². The Morgan fingerprint density at radius 3 is 2.54 bits per heavy atom. The molecule has 1 saturated heterocycles. The highest BCUT2D eigenvalue weighted by Crippen LogP contribution is 2.33. The van der Waals surface area contributed by atoms with Gasteiger partial charge in [0, 0.05) is 13.1 Å². The van der Waals surface area contributed by atoms with Gasteiger partial charge in [-0.2, -0.15) is 0 Å². The molecule has 1 aliphatic rings. The van der Waals surface area contributed by atoms with E-state index < -0.39 is 6.67 Å². The third kappa shape index (κ3) is 4.24. The van der Waals surface area contributed by atoms with Crippen LogP contribution < -0.4 is 14.8 Å². The number of benzene rings is 2. The number of para-hydroxylation sites is 2. The molecule has 1 aliphatic heterocycles. The number of alkyl halides is 1. The Morgan fingerprint density at radius 1 is 1.08 bits per heavy atom. The van der Waals surface area contributed by atoms with Crippen molar-refractivity contribution in [1.82, 2.24) is 5.32 Å². The van der Waals surface area contributed by atoms with Crippen molar-refractivity contribution in [3.8, 4) is 11.5 Å². The summed E-state index contributed by atoms with van der Waals surface area (Å²) in [6, 6.07) is 17.3. The minimum Gasteiger partial charge on any atom is -0.487 e. The Hall–Kier alpha value is -2.11. The molecule has 3 rings (SSSR count). The average molecular weight is 331 g/mol. The lowest BCUT2D eigenvalue weighted by Crippen LogP contribution is -2.43. The summed E-state index contributed by atoms with van der Waals surface area (Å²) >= 11 is 0. The molecule has 2 atom stereocenters. The number of hydrogen-bond acceptors (Lipinski definition) is 4. The summed E-state index contributed by atoms with van der Waals surface area (Å²) in [7, 11) is 0. The maximum absolute atomic E-state index is 12.4. The van der Waals surface area contributed by atoms with Gasteiger partial charge in [0.05, 0.1) is 6.61 Å². The number of halogens is 1. The summed E-state index contributed by atoms with van der Waals surface area (Å²) in [4.78, 5) is 0. The van der Waals surface area contributed by atoms with Crippen LogP contribution in [-0.4, -0.2) is 39.1 Å². The second-order valence-corrected chi connectivity index (χ2v) is 5.55. The SMILES string of the molecule is FCCOc1ccccc1O[C@@H](c1ccccc1)C1CNCCO1. The van der Waals surface area contributed by atoms with Crippen LogP contribution in [0.15, 0.2) is 54.6 Å². The predicted molar refractivity (Wildman–Crippen MR) is 90.3 cm³/mol. The van der Waals surface area contributed by atoms with E-state index in [2.05, 4.69) is 5.32 Å². The van der Waals surface area contributed by atoms with Crippen LogP contribution in [0.2, 0.25) is 0 Å². The Balaban J connectivity index is 1.84. The zero-order valence-electron chi connectivity index (χ0n) is 13.5. The minimum absolute atomic E-state index is 0.0118. The molecule has 0 amide bonds. The van der Waals surface area contributed by atoms with Crippen LogP contribution in [0.5, 0.6) is 11.5 Å². The summed E-state index contributed by atoms with van der Waals surface area (Å²) in [6.07, 6.45) is -0.371. The molecule has 0 spiro atoms. The molecule has 1 heterocycles. The fourth-order valence-electron chi connectivity index (χ4n) is 2.73. The summed E-state index contributed by atoms with van der Waals surface area (Å²) in [5.41, 5.74) is 1.03. The van der Waals surface area contributed by atoms with Gasteiger partial charge in [0.2, 0.25) is 0 Å². The molecule has 1 N–H and O–H groups in total. The monoisotopic (exact) mass is 331 g/mol. The normalized spacial score (nSPS) is 18.8. The third-order valence-electron chi connectivity index (χ3n) is 3.86. The topological polar surface area (TPSA) is 39.7 Å². The van der Waals surface area contributed by atoms with E-state index in [0.29, 0.717) is 24.7 Å². The molecule has 4 nitrogen and oxygen atoms in total. The van der Waals surface area contributed by atoms with E-state index in [0.717, 1.165) is 12.1 Å².